The lowest BCUT2D eigenvalue weighted by atomic mass is 10.2. The molecule has 0 bridgehead atoms. The van der Waals surface area contributed by atoms with E-state index in [0.717, 1.165) is 25.3 Å². The van der Waals surface area contributed by atoms with Crippen molar-refractivity contribution >= 4 is 23.2 Å². The molecule has 0 fully saturated rings. The maximum Gasteiger partial charge on any atom is 0.265 e. The number of nitrogens with zero attached hydrogens (tertiary/aromatic N) is 1. The van der Waals surface area contributed by atoms with Gasteiger partial charge in [-0.05, 0) is 49.3 Å². The number of para-hydroxylation sites is 1. The molecule has 1 unspecified atom stereocenters. The highest BCUT2D eigenvalue weighted by molar-refractivity contribution is 6.32. The van der Waals surface area contributed by atoms with Gasteiger partial charge in [-0.1, -0.05) is 56.6 Å². The third-order valence-electron chi connectivity index (χ3n) is 4.29. The van der Waals surface area contributed by atoms with Gasteiger partial charge < -0.3 is 10.1 Å². The van der Waals surface area contributed by atoms with Crippen LogP contribution >= 0.6 is 11.6 Å². The summed E-state index contributed by atoms with van der Waals surface area (Å²) in [6.07, 6.45) is -0.0397. The molecule has 0 aliphatic rings. The first-order valence-electron chi connectivity index (χ1n) is 9.10. The van der Waals surface area contributed by atoms with Gasteiger partial charge in [0.25, 0.3) is 5.91 Å². The molecule has 0 saturated heterocycles. The van der Waals surface area contributed by atoms with Gasteiger partial charge in [-0.15, -0.1) is 0 Å². The summed E-state index contributed by atoms with van der Waals surface area (Å²) in [5.41, 5.74) is 1.99. The van der Waals surface area contributed by atoms with E-state index in [1.807, 2.05) is 43.3 Å². The molecule has 0 radical (unpaired) electrons. The Hall–Kier alpha value is -2.04. The molecule has 5 heteroatoms. The quantitative estimate of drug-likeness (QED) is 0.673. The molecule has 0 aliphatic carbocycles. The van der Waals surface area contributed by atoms with Crippen LogP contribution < -0.4 is 10.1 Å². The molecule has 140 valence electrons. The number of benzene rings is 2. The highest BCUT2D eigenvalue weighted by atomic mass is 35.5. The van der Waals surface area contributed by atoms with Crippen LogP contribution in [-0.4, -0.2) is 30.0 Å². The number of anilines is 1. The van der Waals surface area contributed by atoms with Crippen LogP contribution in [-0.2, 0) is 11.3 Å². The van der Waals surface area contributed by atoms with Gasteiger partial charge in [0.15, 0.2) is 6.10 Å². The number of nitrogens with one attached hydrogen (secondary N) is 1. The van der Waals surface area contributed by atoms with Crippen molar-refractivity contribution in [1.29, 1.82) is 0 Å². The molecule has 2 aromatic rings. The van der Waals surface area contributed by atoms with Crippen molar-refractivity contribution in [1.82, 2.24) is 4.90 Å². The Morgan fingerprint density at radius 3 is 2.31 bits per heavy atom. The Balaban J connectivity index is 1.98. The van der Waals surface area contributed by atoms with Crippen molar-refractivity contribution < 1.29 is 9.53 Å². The summed E-state index contributed by atoms with van der Waals surface area (Å²) in [6, 6.07) is 15.1. The van der Waals surface area contributed by atoms with Crippen LogP contribution in [0.5, 0.6) is 5.75 Å². The SMILES string of the molecule is CCC(Oc1ccccc1Cl)C(=O)Nc1ccc(CN(CC)CC)cc1. The van der Waals surface area contributed by atoms with Gasteiger partial charge in [0.1, 0.15) is 5.75 Å². The Morgan fingerprint density at radius 2 is 1.73 bits per heavy atom. The summed E-state index contributed by atoms with van der Waals surface area (Å²) in [5, 5.41) is 3.42. The van der Waals surface area contributed by atoms with E-state index in [2.05, 4.69) is 24.1 Å². The lowest BCUT2D eigenvalue weighted by Crippen LogP contribution is -2.32. The number of amides is 1. The predicted molar refractivity (Wildman–Crippen MR) is 108 cm³/mol. The predicted octanol–water partition coefficient (Wildman–Crippen LogP) is 4.98. The molecule has 0 saturated carbocycles. The van der Waals surface area contributed by atoms with Crippen molar-refractivity contribution in [3.05, 3.63) is 59.1 Å². The first-order chi connectivity index (χ1) is 12.6. The Bertz CT molecular complexity index is 699. The van der Waals surface area contributed by atoms with Crippen LogP contribution in [0.15, 0.2) is 48.5 Å². The number of rotatable bonds is 9. The maximum absolute atomic E-state index is 12.5. The zero-order valence-corrected chi connectivity index (χ0v) is 16.4. The number of hydrogen-bond donors (Lipinski definition) is 1. The Kier molecular flexibility index (Phi) is 7.95. The molecule has 2 aromatic carbocycles. The molecule has 0 aromatic heterocycles. The zero-order valence-electron chi connectivity index (χ0n) is 15.7. The van der Waals surface area contributed by atoms with Crippen molar-refractivity contribution in [3.8, 4) is 5.75 Å². The first kappa shape index (κ1) is 20.3. The number of carbonyl (C=O) groups excluding carboxylic acids is 1. The van der Waals surface area contributed by atoms with Crippen LogP contribution in [0, 0.1) is 0 Å². The summed E-state index contributed by atoms with van der Waals surface area (Å²) in [6.45, 7) is 9.17. The van der Waals surface area contributed by atoms with Crippen molar-refractivity contribution in [2.45, 2.75) is 39.8 Å². The van der Waals surface area contributed by atoms with Gasteiger partial charge in [0.05, 0.1) is 5.02 Å². The van der Waals surface area contributed by atoms with Crippen molar-refractivity contribution in [2.75, 3.05) is 18.4 Å². The maximum atomic E-state index is 12.5. The summed E-state index contributed by atoms with van der Waals surface area (Å²) in [5.74, 6) is 0.342. The molecule has 1 amide bonds. The van der Waals surface area contributed by atoms with Gasteiger partial charge >= 0.3 is 0 Å². The molecule has 1 N–H and O–H groups in total. The minimum absolute atomic E-state index is 0.177. The summed E-state index contributed by atoms with van der Waals surface area (Å²) < 4.78 is 5.78. The van der Waals surface area contributed by atoms with E-state index < -0.39 is 6.10 Å². The molecule has 4 nitrogen and oxygen atoms in total. The number of hydrogen-bond acceptors (Lipinski definition) is 3. The fourth-order valence-corrected chi connectivity index (χ4v) is 2.82. The zero-order chi connectivity index (χ0) is 18.9. The molecular weight excluding hydrogens is 348 g/mol. The summed E-state index contributed by atoms with van der Waals surface area (Å²) >= 11 is 6.11. The standard InChI is InChI=1S/C21H27ClN2O2/c1-4-19(26-20-10-8-7-9-18(20)22)21(25)23-17-13-11-16(12-14-17)15-24(5-2)6-3/h7-14,19H,4-6,15H2,1-3H3,(H,23,25). The van der Waals surface area contributed by atoms with Gasteiger partial charge in [-0.25, -0.2) is 0 Å². The van der Waals surface area contributed by atoms with Gasteiger partial charge in [0.2, 0.25) is 0 Å². The molecule has 26 heavy (non-hydrogen) atoms. The number of ether oxygens (including phenoxy) is 1. The van der Waals surface area contributed by atoms with E-state index in [4.69, 9.17) is 16.3 Å². The topological polar surface area (TPSA) is 41.6 Å². The molecule has 0 aliphatic heterocycles. The lowest BCUT2D eigenvalue weighted by molar-refractivity contribution is -0.122. The Morgan fingerprint density at radius 1 is 1.08 bits per heavy atom. The fourth-order valence-electron chi connectivity index (χ4n) is 2.64. The normalized spacial score (nSPS) is 12.0. The second-order valence-corrected chi connectivity index (χ2v) is 6.50. The monoisotopic (exact) mass is 374 g/mol. The average molecular weight is 375 g/mol. The van der Waals surface area contributed by atoms with Crippen molar-refractivity contribution in [2.24, 2.45) is 0 Å². The van der Waals surface area contributed by atoms with Crippen LogP contribution in [0.2, 0.25) is 5.02 Å². The van der Waals surface area contributed by atoms with Crippen LogP contribution in [0.3, 0.4) is 0 Å². The molecular formula is C21H27ClN2O2. The minimum atomic E-state index is -0.592. The molecule has 1 atom stereocenters. The van der Waals surface area contributed by atoms with E-state index in [-0.39, 0.29) is 5.91 Å². The molecule has 0 spiro atoms. The Labute approximate surface area is 161 Å². The second kappa shape index (κ2) is 10.2. The average Bonchev–Trinajstić information content (AvgIpc) is 2.66. The summed E-state index contributed by atoms with van der Waals surface area (Å²) in [7, 11) is 0. The van der Waals surface area contributed by atoms with E-state index in [9.17, 15) is 4.79 Å². The first-order valence-corrected chi connectivity index (χ1v) is 9.48. The smallest absolute Gasteiger partial charge is 0.265 e. The second-order valence-electron chi connectivity index (χ2n) is 6.09. The van der Waals surface area contributed by atoms with Crippen LogP contribution in [0.25, 0.3) is 0 Å². The van der Waals surface area contributed by atoms with Crippen LogP contribution in [0.1, 0.15) is 32.8 Å². The van der Waals surface area contributed by atoms with Gasteiger partial charge in [-0.2, -0.15) is 0 Å². The van der Waals surface area contributed by atoms with E-state index >= 15 is 0 Å². The summed E-state index contributed by atoms with van der Waals surface area (Å²) in [4.78, 5) is 14.9. The number of halogens is 1. The van der Waals surface area contributed by atoms with Gasteiger partial charge in [-0.3, -0.25) is 9.69 Å². The van der Waals surface area contributed by atoms with Crippen LogP contribution in [0.4, 0.5) is 5.69 Å². The van der Waals surface area contributed by atoms with E-state index in [1.165, 1.54) is 5.56 Å². The largest absolute Gasteiger partial charge is 0.479 e. The number of carbonyl (C=O) groups is 1. The highest BCUT2D eigenvalue weighted by Crippen LogP contribution is 2.25. The minimum Gasteiger partial charge on any atom is -0.479 e. The van der Waals surface area contributed by atoms with E-state index in [0.29, 0.717) is 17.2 Å². The lowest BCUT2D eigenvalue weighted by Gasteiger charge is -2.19. The fraction of sp³-hybridized carbons (Fsp3) is 0.381. The van der Waals surface area contributed by atoms with Crippen molar-refractivity contribution in [3.63, 3.8) is 0 Å². The highest BCUT2D eigenvalue weighted by Gasteiger charge is 2.19. The van der Waals surface area contributed by atoms with E-state index in [1.54, 1.807) is 12.1 Å². The third-order valence-corrected chi connectivity index (χ3v) is 4.60. The third kappa shape index (κ3) is 5.75. The molecule has 2 rings (SSSR count). The molecule has 0 heterocycles. The van der Waals surface area contributed by atoms with Gasteiger partial charge in [0, 0.05) is 12.2 Å².